The molecule has 2 amide bonds. The van der Waals surface area contributed by atoms with E-state index in [9.17, 15) is 9.59 Å². The van der Waals surface area contributed by atoms with Gasteiger partial charge in [0.25, 0.3) is 0 Å². The van der Waals surface area contributed by atoms with E-state index >= 15 is 0 Å². The second-order valence-corrected chi connectivity index (χ2v) is 8.67. The SMILES string of the molecule is CC(C(=O)Nc1cccc(CN2CCCCC2=O)c1)n1c(-c2cccs2)n[nH]c1=S. The summed E-state index contributed by atoms with van der Waals surface area (Å²) >= 11 is 6.90. The standard InChI is InChI=1S/C21H23N5O2S2/c1-14(26-19(23-24-21(26)29)17-8-5-11-30-17)20(28)22-16-7-4-6-15(12-16)13-25-10-3-2-9-18(25)27/h4-8,11-12,14H,2-3,9-10,13H2,1H3,(H,22,28)(H,24,29). The first kappa shape index (κ1) is 20.5. The summed E-state index contributed by atoms with van der Waals surface area (Å²) in [6.07, 6.45) is 2.62. The Labute approximate surface area is 183 Å². The molecule has 30 heavy (non-hydrogen) atoms. The number of nitrogens with one attached hydrogen (secondary N) is 2. The van der Waals surface area contributed by atoms with E-state index < -0.39 is 6.04 Å². The lowest BCUT2D eigenvalue weighted by Crippen LogP contribution is -2.34. The Morgan fingerprint density at radius 1 is 1.33 bits per heavy atom. The highest BCUT2D eigenvalue weighted by molar-refractivity contribution is 7.71. The molecule has 7 nitrogen and oxygen atoms in total. The number of hydrogen-bond donors (Lipinski definition) is 2. The summed E-state index contributed by atoms with van der Waals surface area (Å²) in [6, 6.07) is 11.0. The summed E-state index contributed by atoms with van der Waals surface area (Å²) in [5, 5.41) is 12.0. The van der Waals surface area contributed by atoms with Crippen LogP contribution in [0.4, 0.5) is 5.69 Å². The molecule has 2 N–H and O–H groups in total. The predicted molar refractivity (Wildman–Crippen MR) is 120 cm³/mol. The number of amides is 2. The van der Waals surface area contributed by atoms with Gasteiger partial charge in [0.1, 0.15) is 6.04 Å². The number of nitrogens with zero attached hydrogens (tertiary/aromatic N) is 3. The van der Waals surface area contributed by atoms with E-state index in [0.29, 0.717) is 29.2 Å². The van der Waals surface area contributed by atoms with Crippen molar-refractivity contribution in [1.29, 1.82) is 0 Å². The topological polar surface area (TPSA) is 83.0 Å². The highest BCUT2D eigenvalue weighted by atomic mass is 32.1. The fraction of sp³-hybridized carbons (Fsp3) is 0.333. The van der Waals surface area contributed by atoms with Crippen LogP contribution in [-0.4, -0.2) is 38.0 Å². The molecule has 3 aromatic rings. The summed E-state index contributed by atoms with van der Waals surface area (Å²) in [6.45, 7) is 3.15. The van der Waals surface area contributed by atoms with Crippen LogP contribution < -0.4 is 5.32 Å². The molecule has 1 unspecified atom stereocenters. The maximum Gasteiger partial charge on any atom is 0.247 e. The van der Waals surface area contributed by atoms with Crippen molar-refractivity contribution in [3.05, 3.63) is 52.1 Å². The summed E-state index contributed by atoms with van der Waals surface area (Å²) in [5.74, 6) is 0.659. The van der Waals surface area contributed by atoms with Crippen molar-refractivity contribution < 1.29 is 9.59 Å². The van der Waals surface area contributed by atoms with Crippen LogP contribution in [0.2, 0.25) is 0 Å². The number of H-pyrrole nitrogens is 1. The Bertz CT molecular complexity index is 1100. The molecule has 0 aliphatic carbocycles. The van der Waals surface area contributed by atoms with Gasteiger partial charge in [-0.05, 0) is 61.1 Å². The number of rotatable bonds is 6. The Morgan fingerprint density at radius 3 is 2.97 bits per heavy atom. The van der Waals surface area contributed by atoms with Gasteiger partial charge in [0.05, 0.1) is 4.88 Å². The first-order chi connectivity index (χ1) is 14.5. The van der Waals surface area contributed by atoms with Crippen molar-refractivity contribution >= 4 is 41.1 Å². The molecule has 0 spiro atoms. The Kier molecular flexibility index (Phi) is 6.10. The van der Waals surface area contributed by atoms with Crippen LogP contribution in [0.1, 0.15) is 37.8 Å². The number of piperidine rings is 1. The molecule has 0 bridgehead atoms. The minimum absolute atomic E-state index is 0.184. The van der Waals surface area contributed by atoms with Crippen LogP contribution in [-0.2, 0) is 16.1 Å². The van der Waals surface area contributed by atoms with Crippen LogP contribution in [0.15, 0.2) is 41.8 Å². The number of carbonyl (C=O) groups is 2. The highest BCUT2D eigenvalue weighted by Crippen LogP contribution is 2.26. The molecule has 1 atom stereocenters. The molecular formula is C21H23N5O2S2. The van der Waals surface area contributed by atoms with Gasteiger partial charge in [-0.25, -0.2) is 0 Å². The highest BCUT2D eigenvalue weighted by Gasteiger charge is 2.22. The zero-order valence-corrected chi connectivity index (χ0v) is 18.3. The zero-order chi connectivity index (χ0) is 21.1. The van der Waals surface area contributed by atoms with Crippen molar-refractivity contribution in [2.24, 2.45) is 0 Å². The molecule has 4 rings (SSSR count). The van der Waals surface area contributed by atoms with Crippen molar-refractivity contribution in [2.75, 3.05) is 11.9 Å². The van der Waals surface area contributed by atoms with Crippen LogP contribution in [0.3, 0.4) is 0 Å². The molecule has 2 aromatic heterocycles. The van der Waals surface area contributed by atoms with E-state index in [4.69, 9.17) is 12.2 Å². The van der Waals surface area contributed by atoms with Crippen LogP contribution in [0.25, 0.3) is 10.7 Å². The molecule has 156 valence electrons. The maximum atomic E-state index is 13.0. The molecule has 3 heterocycles. The third kappa shape index (κ3) is 4.36. The fourth-order valence-electron chi connectivity index (χ4n) is 3.60. The molecule has 0 saturated carbocycles. The predicted octanol–water partition coefficient (Wildman–Crippen LogP) is 4.38. The summed E-state index contributed by atoms with van der Waals surface area (Å²) in [7, 11) is 0. The van der Waals surface area contributed by atoms with Gasteiger partial charge in [-0.15, -0.1) is 11.3 Å². The second kappa shape index (κ2) is 8.93. The van der Waals surface area contributed by atoms with E-state index in [1.165, 1.54) is 0 Å². The van der Waals surface area contributed by atoms with Crippen LogP contribution in [0, 0.1) is 4.77 Å². The van der Waals surface area contributed by atoms with Crippen molar-refractivity contribution in [1.82, 2.24) is 19.7 Å². The van der Waals surface area contributed by atoms with Gasteiger partial charge in [-0.3, -0.25) is 19.3 Å². The van der Waals surface area contributed by atoms with Crippen LogP contribution >= 0.6 is 23.6 Å². The number of hydrogen-bond acceptors (Lipinski definition) is 5. The van der Waals surface area contributed by atoms with Gasteiger partial charge in [-0.2, -0.15) is 5.10 Å². The molecule has 1 aliphatic rings. The molecule has 1 fully saturated rings. The molecule has 1 aromatic carbocycles. The first-order valence-corrected chi connectivity index (χ1v) is 11.2. The number of likely N-dealkylation sites (tertiary alicyclic amines) is 1. The van der Waals surface area contributed by atoms with E-state index in [0.717, 1.165) is 29.8 Å². The lowest BCUT2D eigenvalue weighted by Gasteiger charge is -2.27. The van der Waals surface area contributed by atoms with Gasteiger partial charge in [0.2, 0.25) is 11.8 Å². The normalized spacial score (nSPS) is 15.2. The van der Waals surface area contributed by atoms with E-state index in [1.54, 1.807) is 22.8 Å². The van der Waals surface area contributed by atoms with Crippen molar-refractivity contribution in [3.8, 4) is 10.7 Å². The lowest BCUT2D eigenvalue weighted by molar-refractivity contribution is -0.133. The van der Waals surface area contributed by atoms with Gasteiger partial charge in [0.15, 0.2) is 10.6 Å². The number of aromatic amines is 1. The van der Waals surface area contributed by atoms with Gasteiger partial charge < -0.3 is 10.2 Å². The Hall–Kier alpha value is -2.78. The third-order valence-corrected chi connectivity index (χ3v) is 6.36. The Morgan fingerprint density at radius 2 is 2.20 bits per heavy atom. The van der Waals surface area contributed by atoms with Gasteiger partial charge >= 0.3 is 0 Å². The first-order valence-electron chi connectivity index (χ1n) is 9.91. The largest absolute Gasteiger partial charge is 0.338 e. The molecular weight excluding hydrogens is 418 g/mol. The number of anilines is 1. The molecule has 9 heteroatoms. The third-order valence-electron chi connectivity index (χ3n) is 5.20. The fourth-order valence-corrected chi connectivity index (χ4v) is 4.60. The number of aromatic nitrogens is 3. The zero-order valence-electron chi connectivity index (χ0n) is 16.6. The minimum Gasteiger partial charge on any atom is -0.338 e. The second-order valence-electron chi connectivity index (χ2n) is 7.34. The summed E-state index contributed by atoms with van der Waals surface area (Å²) in [5.41, 5.74) is 1.69. The monoisotopic (exact) mass is 441 g/mol. The molecule has 1 aliphatic heterocycles. The van der Waals surface area contributed by atoms with Gasteiger partial charge in [0, 0.05) is 25.2 Å². The number of benzene rings is 1. The van der Waals surface area contributed by atoms with Crippen molar-refractivity contribution in [3.63, 3.8) is 0 Å². The summed E-state index contributed by atoms with van der Waals surface area (Å²) in [4.78, 5) is 27.9. The van der Waals surface area contributed by atoms with Crippen LogP contribution in [0.5, 0.6) is 0 Å². The van der Waals surface area contributed by atoms with E-state index in [1.807, 2.05) is 46.7 Å². The number of carbonyl (C=O) groups excluding carboxylic acids is 2. The van der Waals surface area contributed by atoms with Crippen molar-refractivity contribution in [2.45, 2.75) is 38.8 Å². The van der Waals surface area contributed by atoms with E-state index in [2.05, 4.69) is 15.5 Å². The average molecular weight is 442 g/mol. The maximum absolute atomic E-state index is 13.0. The summed E-state index contributed by atoms with van der Waals surface area (Å²) < 4.78 is 2.13. The molecule has 0 radical (unpaired) electrons. The lowest BCUT2D eigenvalue weighted by atomic mass is 10.1. The quantitative estimate of drug-likeness (QED) is 0.556. The smallest absolute Gasteiger partial charge is 0.247 e. The minimum atomic E-state index is -0.541. The van der Waals surface area contributed by atoms with E-state index in [-0.39, 0.29) is 11.8 Å². The Balaban J connectivity index is 1.49. The average Bonchev–Trinajstić information content (AvgIpc) is 3.39. The number of thiophene rings is 1. The van der Waals surface area contributed by atoms with Gasteiger partial charge in [-0.1, -0.05) is 18.2 Å². The molecule has 1 saturated heterocycles.